The van der Waals surface area contributed by atoms with Gasteiger partial charge in [-0.1, -0.05) is 18.2 Å². The van der Waals surface area contributed by atoms with Gasteiger partial charge in [0.05, 0.1) is 11.3 Å². The van der Waals surface area contributed by atoms with Gasteiger partial charge in [-0.3, -0.25) is 4.98 Å². The Kier molecular flexibility index (Phi) is 3.35. The Bertz CT molecular complexity index is 678. The average molecular weight is 292 g/mol. The number of aromatic nitrogens is 1. The summed E-state index contributed by atoms with van der Waals surface area (Å²) >= 11 is 0. The molecule has 1 aliphatic rings. The van der Waals surface area contributed by atoms with E-state index in [2.05, 4.69) is 4.98 Å². The molecule has 1 heterocycles. The number of nitrogens with zero attached hydrogens (tertiary/aromatic N) is 1. The van der Waals surface area contributed by atoms with Crippen molar-refractivity contribution in [2.75, 3.05) is 5.73 Å². The Morgan fingerprint density at radius 2 is 1.76 bits per heavy atom. The van der Waals surface area contributed by atoms with Gasteiger partial charge in [0.25, 0.3) is 0 Å². The summed E-state index contributed by atoms with van der Waals surface area (Å²) in [7, 11) is 0. The maximum absolute atomic E-state index is 13.1. The third-order valence-electron chi connectivity index (χ3n) is 3.84. The summed E-state index contributed by atoms with van der Waals surface area (Å²) in [5.41, 5.74) is 8.12. The predicted molar refractivity (Wildman–Crippen MR) is 75.7 cm³/mol. The van der Waals surface area contributed by atoms with Crippen LogP contribution >= 0.6 is 0 Å². The number of halogens is 3. The lowest BCUT2D eigenvalue weighted by atomic mass is 9.93. The van der Waals surface area contributed by atoms with E-state index in [1.165, 1.54) is 12.1 Å². The van der Waals surface area contributed by atoms with Crippen LogP contribution in [0.4, 0.5) is 18.9 Å². The monoisotopic (exact) mass is 292 g/mol. The van der Waals surface area contributed by atoms with Crippen molar-refractivity contribution in [2.24, 2.45) is 0 Å². The second-order valence-electron chi connectivity index (χ2n) is 5.27. The van der Waals surface area contributed by atoms with Crippen LogP contribution < -0.4 is 5.73 Å². The van der Waals surface area contributed by atoms with Crippen LogP contribution in [0.5, 0.6) is 0 Å². The Labute approximate surface area is 120 Å². The maximum atomic E-state index is 13.1. The molecule has 0 fully saturated rings. The maximum Gasteiger partial charge on any atom is 0.417 e. The number of aryl methyl sites for hydroxylation is 1. The first-order chi connectivity index (χ1) is 9.97. The summed E-state index contributed by atoms with van der Waals surface area (Å²) in [6.07, 6.45) is -0.707. The van der Waals surface area contributed by atoms with Gasteiger partial charge in [-0.25, -0.2) is 0 Å². The number of alkyl halides is 3. The topological polar surface area (TPSA) is 38.9 Å². The molecular weight excluding hydrogens is 277 g/mol. The minimum Gasteiger partial charge on any atom is -0.398 e. The number of hydrogen-bond acceptors (Lipinski definition) is 2. The van der Waals surface area contributed by atoms with Crippen LogP contribution in [0.3, 0.4) is 0 Å². The second-order valence-corrected chi connectivity index (χ2v) is 5.27. The van der Waals surface area contributed by atoms with Crippen LogP contribution in [0.25, 0.3) is 11.3 Å². The number of nitrogen functional groups attached to an aromatic ring is 1. The van der Waals surface area contributed by atoms with Crippen molar-refractivity contribution < 1.29 is 13.2 Å². The zero-order chi connectivity index (χ0) is 15.0. The van der Waals surface area contributed by atoms with Gasteiger partial charge >= 0.3 is 6.18 Å². The highest BCUT2D eigenvalue weighted by Gasteiger charge is 2.33. The van der Waals surface area contributed by atoms with E-state index in [0.717, 1.165) is 43.0 Å². The summed E-state index contributed by atoms with van der Waals surface area (Å²) < 4.78 is 39.3. The zero-order valence-corrected chi connectivity index (χ0v) is 11.4. The first-order valence-electron chi connectivity index (χ1n) is 6.91. The average Bonchev–Trinajstić information content (AvgIpc) is 2.46. The van der Waals surface area contributed by atoms with E-state index < -0.39 is 11.7 Å². The first kappa shape index (κ1) is 13.9. The van der Waals surface area contributed by atoms with E-state index >= 15 is 0 Å². The standard InChI is InChI=1S/C16H15F3N2/c17-16(18,19)12-7-3-1-5-10(12)15-9-13(20)11-6-2-4-8-14(11)21-15/h1,3,5,7,9H,2,4,6,8H2,(H2,20,21). The van der Waals surface area contributed by atoms with E-state index in [1.54, 1.807) is 12.1 Å². The number of pyridine rings is 1. The number of anilines is 1. The normalized spacial score (nSPS) is 14.8. The summed E-state index contributed by atoms with van der Waals surface area (Å²) in [6.45, 7) is 0. The smallest absolute Gasteiger partial charge is 0.398 e. The van der Waals surface area contributed by atoms with Gasteiger partial charge in [0.1, 0.15) is 0 Å². The molecule has 0 atom stereocenters. The van der Waals surface area contributed by atoms with Crippen LogP contribution in [0.2, 0.25) is 0 Å². The van der Waals surface area contributed by atoms with Crippen molar-refractivity contribution in [3.8, 4) is 11.3 Å². The first-order valence-corrected chi connectivity index (χ1v) is 6.91. The molecular formula is C16H15F3N2. The highest BCUT2D eigenvalue weighted by atomic mass is 19.4. The number of nitrogens with two attached hydrogens (primary N) is 1. The summed E-state index contributed by atoms with van der Waals surface area (Å²) in [6, 6.07) is 7.05. The lowest BCUT2D eigenvalue weighted by Gasteiger charge is -2.19. The molecule has 3 rings (SSSR count). The van der Waals surface area contributed by atoms with E-state index in [-0.39, 0.29) is 5.56 Å². The highest BCUT2D eigenvalue weighted by molar-refractivity contribution is 5.69. The molecule has 5 heteroatoms. The summed E-state index contributed by atoms with van der Waals surface area (Å²) in [5, 5.41) is 0. The SMILES string of the molecule is Nc1cc(-c2ccccc2C(F)(F)F)nc2c1CCCC2. The van der Waals surface area contributed by atoms with E-state index in [1.807, 2.05) is 0 Å². The third-order valence-corrected chi connectivity index (χ3v) is 3.84. The summed E-state index contributed by atoms with van der Waals surface area (Å²) in [5.74, 6) is 0. The Balaban J connectivity index is 2.16. The molecule has 1 aromatic carbocycles. The van der Waals surface area contributed by atoms with Gasteiger partial charge in [-0.15, -0.1) is 0 Å². The molecule has 0 saturated heterocycles. The number of hydrogen-bond donors (Lipinski definition) is 1. The van der Waals surface area contributed by atoms with Gasteiger partial charge in [0.15, 0.2) is 0 Å². The molecule has 0 aliphatic heterocycles. The van der Waals surface area contributed by atoms with Gasteiger partial charge in [-0.2, -0.15) is 13.2 Å². The fraction of sp³-hybridized carbons (Fsp3) is 0.312. The molecule has 2 nitrogen and oxygen atoms in total. The van der Waals surface area contributed by atoms with E-state index in [9.17, 15) is 13.2 Å². The minimum absolute atomic E-state index is 0.0880. The fourth-order valence-corrected chi connectivity index (χ4v) is 2.83. The van der Waals surface area contributed by atoms with Crippen molar-refractivity contribution in [1.29, 1.82) is 0 Å². The second kappa shape index (κ2) is 5.06. The molecule has 0 saturated carbocycles. The van der Waals surface area contributed by atoms with Crippen molar-refractivity contribution in [1.82, 2.24) is 4.98 Å². The molecule has 0 amide bonds. The molecule has 110 valence electrons. The Morgan fingerprint density at radius 3 is 2.52 bits per heavy atom. The lowest BCUT2D eigenvalue weighted by Crippen LogP contribution is -2.11. The number of fused-ring (bicyclic) bond motifs is 1. The number of benzene rings is 1. The van der Waals surface area contributed by atoms with Crippen molar-refractivity contribution in [2.45, 2.75) is 31.9 Å². The quantitative estimate of drug-likeness (QED) is 0.854. The molecule has 1 aliphatic carbocycles. The molecule has 21 heavy (non-hydrogen) atoms. The number of rotatable bonds is 1. The van der Waals surface area contributed by atoms with Crippen molar-refractivity contribution in [3.63, 3.8) is 0 Å². The van der Waals surface area contributed by atoms with E-state index in [0.29, 0.717) is 11.4 Å². The molecule has 1 aromatic heterocycles. The van der Waals surface area contributed by atoms with Crippen LogP contribution in [0, 0.1) is 0 Å². The van der Waals surface area contributed by atoms with Gasteiger partial charge in [0, 0.05) is 16.9 Å². The molecule has 0 unspecified atom stereocenters. The lowest BCUT2D eigenvalue weighted by molar-refractivity contribution is -0.137. The molecule has 0 spiro atoms. The zero-order valence-electron chi connectivity index (χ0n) is 11.4. The predicted octanol–water partition coefficient (Wildman–Crippen LogP) is 4.23. The van der Waals surface area contributed by atoms with Crippen molar-refractivity contribution in [3.05, 3.63) is 47.2 Å². The van der Waals surface area contributed by atoms with Gasteiger partial charge in [-0.05, 0) is 43.4 Å². The van der Waals surface area contributed by atoms with Gasteiger partial charge in [0.2, 0.25) is 0 Å². The van der Waals surface area contributed by atoms with E-state index in [4.69, 9.17) is 5.73 Å². The molecule has 2 N–H and O–H groups in total. The van der Waals surface area contributed by atoms with Crippen molar-refractivity contribution >= 4 is 5.69 Å². The largest absolute Gasteiger partial charge is 0.417 e. The molecule has 0 radical (unpaired) electrons. The molecule has 2 aromatic rings. The fourth-order valence-electron chi connectivity index (χ4n) is 2.83. The third kappa shape index (κ3) is 2.60. The Hall–Kier alpha value is -2.04. The van der Waals surface area contributed by atoms with Gasteiger partial charge < -0.3 is 5.73 Å². The summed E-state index contributed by atoms with van der Waals surface area (Å²) in [4.78, 5) is 4.44. The minimum atomic E-state index is -4.40. The Morgan fingerprint density at radius 1 is 1.05 bits per heavy atom. The van der Waals surface area contributed by atoms with Crippen LogP contribution in [0.1, 0.15) is 29.7 Å². The van der Waals surface area contributed by atoms with Crippen LogP contribution in [-0.4, -0.2) is 4.98 Å². The van der Waals surface area contributed by atoms with Crippen LogP contribution in [0.15, 0.2) is 30.3 Å². The molecule has 0 bridgehead atoms. The van der Waals surface area contributed by atoms with Crippen LogP contribution in [-0.2, 0) is 19.0 Å². The highest BCUT2D eigenvalue weighted by Crippen LogP contribution is 2.38.